The zero-order chi connectivity index (χ0) is 34.0. The lowest BCUT2D eigenvalue weighted by Crippen LogP contribution is -2.26. The molecule has 0 heterocycles. The molecule has 0 saturated carbocycles. The molecule has 0 fully saturated rings. The van der Waals surface area contributed by atoms with Gasteiger partial charge >= 0.3 is 17.9 Å². The van der Waals surface area contributed by atoms with E-state index in [4.69, 9.17) is 18.9 Å². The van der Waals surface area contributed by atoms with Crippen LogP contribution < -0.4 is 9.47 Å². The first-order valence-electron chi connectivity index (χ1n) is 17.0. The van der Waals surface area contributed by atoms with E-state index in [1.807, 2.05) is 19.1 Å². The Bertz CT molecular complexity index is 1400. The Morgan fingerprint density at radius 3 is 1.87 bits per heavy atom. The zero-order valence-corrected chi connectivity index (χ0v) is 28.2. The van der Waals surface area contributed by atoms with Crippen LogP contribution >= 0.6 is 0 Å². The molecule has 0 N–H and O–H groups in total. The van der Waals surface area contributed by atoms with Crippen LogP contribution in [-0.2, 0) is 14.3 Å². The molecule has 0 saturated heterocycles. The first kappa shape index (κ1) is 37.4. The van der Waals surface area contributed by atoms with E-state index in [9.17, 15) is 18.8 Å². The van der Waals surface area contributed by atoms with Gasteiger partial charge in [-0.05, 0) is 86.7 Å². The number of carbonyl (C=O) groups excluding carboxylic acids is 3. The molecule has 0 unspecified atom stereocenters. The number of benzene rings is 3. The molecule has 3 aromatic carbocycles. The second-order valence-electron chi connectivity index (χ2n) is 11.9. The second kappa shape index (κ2) is 20.3. The summed E-state index contributed by atoms with van der Waals surface area (Å²) in [6.07, 6.45) is 11.0. The number of carbonyl (C=O) groups is 3. The molecule has 0 aromatic heterocycles. The average molecular weight is 649 g/mol. The fraction of sp³-hybridized carbons (Fsp3) is 0.462. The van der Waals surface area contributed by atoms with Gasteiger partial charge in [-0.15, -0.1) is 0 Å². The van der Waals surface area contributed by atoms with Crippen LogP contribution in [-0.4, -0.2) is 36.7 Å². The van der Waals surface area contributed by atoms with Crippen molar-refractivity contribution in [3.63, 3.8) is 0 Å². The van der Waals surface area contributed by atoms with Crippen LogP contribution in [0.5, 0.6) is 11.5 Å². The molecule has 3 rings (SSSR count). The minimum Gasteiger partial charge on any atom is -0.459 e. The molecular weight excluding hydrogens is 599 g/mol. The van der Waals surface area contributed by atoms with Crippen LogP contribution in [0, 0.1) is 5.82 Å². The summed E-state index contributed by atoms with van der Waals surface area (Å²) in [5, 5.41) is 0. The van der Waals surface area contributed by atoms with Gasteiger partial charge in [0.1, 0.15) is 5.75 Å². The maximum Gasteiger partial charge on any atom is 0.343 e. The van der Waals surface area contributed by atoms with Gasteiger partial charge in [-0.25, -0.2) is 18.8 Å². The van der Waals surface area contributed by atoms with E-state index < -0.39 is 23.9 Å². The maximum absolute atomic E-state index is 14.7. The molecule has 2 atom stereocenters. The molecule has 0 radical (unpaired) electrons. The third-order valence-electron chi connectivity index (χ3n) is 7.87. The van der Waals surface area contributed by atoms with Crippen LogP contribution in [0.25, 0.3) is 11.1 Å². The molecule has 7 nitrogen and oxygen atoms in total. The lowest BCUT2D eigenvalue weighted by atomic mass is 10.0. The topological polar surface area (TPSA) is 88.1 Å². The van der Waals surface area contributed by atoms with Crippen molar-refractivity contribution in [2.45, 2.75) is 111 Å². The zero-order valence-electron chi connectivity index (χ0n) is 28.2. The van der Waals surface area contributed by atoms with E-state index >= 15 is 0 Å². The van der Waals surface area contributed by atoms with Crippen molar-refractivity contribution < 1.29 is 37.7 Å². The van der Waals surface area contributed by atoms with Crippen molar-refractivity contribution in [2.75, 3.05) is 6.61 Å². The summed E-state index contributed by atoms with van der Waals surface area (Å²) in [6, 6.07) is 17.5. The maximum atomic E-state index is 14.7. The van der Waals surface area contributed by atoms with E-state index in [0.29, 0.717) is 12.2 Å². The molecule has 0 aliphatic carbocycles. The Morgan fingerprint density at radius 1 is 0.660 bits per heavy atom. The number of unbranched alkanes of at least 4 members (excludes halogenated alkanes) is 8. The molecule has 0 amide bonds. The van der Waals surface area contributed by atoms with Gasteiger partial charge in [-0.1, -0.05) is 89.5 Å². The minimum absolute atomic E-state index is 0.0310. The number of rotatable bonds is 20. The van der Waals surface area contributed by atoms with E-state index in [2.05, 4.69) is 13.8 Å². The highest BCUT2D eigenvalue weighted by Gasteiger charge is 2.20. The molecule has 0 aliphatic heterocycles. The fourth-order valence-corrected chi connectivity index (χ4v) is 4.96. The Kier molecular flexibility index (Phi) is 16.1. The van der Waals surface area contributed by atoms with Gasteiger partial charge in [0.25, 0.3) is 0 Å². The summed E-state index contributed by atoms with van der Waals surface area (Å²) in [6.45, 7) is 8.25. The first-order chi connectivity index (χ1) is 22.7. The molecule has 0 aliphatic rings. The van der Waals surface area contributed by atoms with Crippen molar-refractivity contribution in [3.8, 4) is 22.6 Å². The number of hydrogen-bond acceptors (Lipinski definition) is 7. The lowest BCUT2D eigenvalue weighted by molar-refractivity contribution is -0.146. The number of hydrogen-bond donors (Lipinski definition) is 0. The van der Waals surface area contributed by atoms with E-state index in [1.54, 1.807) is 43.3 Å². The average Bonchev–Trinajstić information content (AvgIpc) is 3.07. The standard InChI is InChI=1S/C39H49FO7/c1-5-7-9-11-12-14-26-44-29(4)37(41)47-36-25-22-33(27-35(36)40)39(43)46-34-23-20-31(21-24-34)30-16-18-32(19-17-30)38(42)45-28(3)15-13-10-8-6-2/h16-25,27-29H,5-15,26H2,1-4H3/t28-,29-/m0/s1. The van der Waals surface area contributed by atoms with E-state index in [1.165, 1.54) is 44.2 Å². The molecule has 47 heavy (non-hydrogen) atoms. The van der Waals surface area contributed by atoms with Gasteiger partial charge in [0.2, 0.25) is 0 Å². The van der Waals surface area contributed by atoms with Gasteiger partial charge in [-0.2, -0.15) is 0 Å². The summed E-state index contributed by atoms with van der Waals surface area (Å²) < 4.78 is 36.4. The molecule has 0 spiro atoms. The van der Waals surface area contributed by atoms with Crippen LogP contribution in [0.2, 0.25) is 0 Å². The molecule has 8 heteroatoms. The van der Waals surface area contributed by atoms with Crippen LogP contribution in [0.15, 0.2) is 66.7 Å². The number of ether oxygens (including phenoxy) is 4. The first-order valence-corrected chi connectivity index (χ1v) is 17.0. The largest absolute Gasteiger partial charge is 0.459 e. The van der Waals surface area contributed by atoms with Gasteiger partial charge in [-0.3, -0.25) is 0 Å². The highest BCUT2D eigenvalue weighted by atomic mass is 19.1. The van der Waals surface area contributed by atoms with E-state index in [-0.39, 0.29) is 29.1 Å². The van der Waals surface area contributed by atoms with Crippen molar-refractivity contribution in [3.05, 3.63) is 83.7 Å². The lowest BCUT2D eigenvalue weighted by Gasteiger charge is -2.13. The van der Waals surface area contributed by atoms with Crippen molar-refractivity contribution >= 4 is 17.9 Å². The molecular formula is C39H49FO7. The third-order valence-corrected chi connectivity index (χ3v) is 7.87. The second-order valence-corrected chi connectivity index (χ2v) is 11.9. The van der Waals surface area contributed by atoms with Gasteiger partial charge in [0.05, 0.1) is 17.2 Å². The summed E-state index contributed by atoms with van der Waals surface area (Å²) in [5.41, 5.74) is 2.19. The smallest absolute Gasteiger partial charge is 0.343 e. The Labute approximate surface area is 278 Å². The SMILES string of the molecule is CCCCCCCCO[C@@H](C)C(=O)Oc1ccc(C(=O)Oc2ccc(-c3ccc(C(=O)O[C@@H](C)CCCCCC)cc3)cc2)cc1F. The quantitative estimate of drug-likeness (QED) is 0.0684. The predicted molar refractivity (Wildman–Crippen MR) is 181 cm³/mol. The third kappa shape index (κ3) is 12.9. The fourth-order valence-electron chi connectivity index (χ4n) is 4.96. The van der Waals surface area contributed by atoms with Crippen LogP contribution in [0.3, 0.4) is 0 Å². The highest BCUT2D eigenvalue weighted by molar-refractivity contribution is 5.92. The summed E-state index contributed by atoms with van der Waals surface area (Å²) >= 11 is 0. The van der Waals surface area contributed by atoms with Gasteiger partial charge < -0.3 is 18.9 Å². The Balaban J connectivity index is 1.47. The summed E-state index contributed by atoms with van der Waals surface area (Å²) in [4.78, 5) is 37.6. The molecule has 254 valence electrons. The number of esters is 3. The van der Waals surface area contributed by atoms with Crippen molar-refractivity contribution in [1.82, 2.24) is 0 Å². The minimum atomic E-state index is -0.861. The highest BCUT2D eigenvalue weighted by Crippen LogP contribution is 2.25. The Morgan fingerprint density at radius 2 is 1.23 bits per heavy atom. The normalized spacial score (nSPS) is 12.3. The van der Waals surface area contributed by atoms with Crippen molar-refractivity contribution in [1.29, 1.82) is 0 Å². The summed E-state index contributed by atoms with van der Waals surface area (Å²) in [7, 11) is 0. The van der Waals surface area contributed by atoms with Gasteiger partial charge in [0, 0.05) is 6.61 Å². The van der Waals surface area contributed by atoms with Crippen molar-refractivity contribution in [2.24, 2.45) is 0 Å². The number of halogens is 1. The van der Waals surface area contributed by atoms with E-state index in [0.717, 1.165) is 55.7 Å². The van der Waals surface area contributed by atoms with Crippen LogP contribution in [0.4, 0.5) is 4.39 Å². The molecule has 0 bridgehead atoms. The monoisotopic (exact) mass is 648 g/mol. The predicted octanol–water partition coefficient (Wildman–Crippen LogP) is 9.90. The summed E-state index contributed by atoms with van der Waals surface area (Å²) in [5.74, 6) is -2.68. The van der Waals surface area contributed by atoms with Crippen LogP contribution in [0.1, 0.15) is 119 Å². The van der Waals surface area contributed by atoms with Gasteiger partial charge in [0.15, 0.2) is 17.7 Å². The Hall–Kier alpha value is -4.04. The molecule has 3 aromatic rings.